The third-order valence-electron chi connectivity index (χ3n) is 2.78. The van der Waals surface area contributed by atoms with E-state index in [1.807, 2.05) is 24.3 Å². The molecule has 21 heavy (non-hydrogen) atoms. The molecule has 0 spiro atoms. The highest BCUT2D eigenvalue weighted by Gasteiger charge is 2.09. The summed E-state index contributed by atoms with van der Waals surface area (Å²) in [6.07, 6.45) is 0. The van der Waals surface area contributed by atoms with Crippen molar-refractivity contribution >= 4 is 23.2 Å². The second kappa shape index (κ2) is 6.99. The van der Waals surface area contributed by atoms with Crippen LogP contribution in [0.1, 0.15) is 6.92 Å². The molecule has 1 unspecified atom stereocenters. The molecule has 2 aromatic rings. The van der Waals surface area contributed by atoms with Gasteiger partial charge in [0, 0.05) is 5.69 Å². The number of alkyl halides is 1. The maximum absolute atomic E-state index is 11.5. The molecule has 1 N–H and O–H groups in total. The van der Waals surface area contributed by atoms with Gasteiger partial charge in [-0.15, -0.1) is 11.6 Å². The molecule has 0 aliphatic rings. The first kappa shape index (κ1) is 15.2. The number of halogens is 1. The van der Waals surface area contributed by atoms with Crippen molar-refractivity contribution in [2.45, 2.75) is 12.3 Å². The van der Waals surface area contributed by atoms with Crippen LogP contribution in [0, 0.1) is 0 Å². The molecule has 0 bridgehead atoms. The minimum atomic E-state index is -0.575. The number of methoxy groups -OCH3 is 1. The summed E-state index contributed by atoms with van der Waals surface area (Å²) in [6, 6.07) is 14.4. The quantitative estimate of drug-likeness (QED) is 0.848. The molecule has 0 fully saturated rings. The highest BCUT2D eigenvalue weighted by molar-refractivity contribution is 6.32. The number of nitrogens with one attached hydrogen (secondary N) is 1. The van der Waals surface area contributed by atoms with E-state index in [-0.39, 0.29) is 5.91 Å². The van der Waals surface area contributed by atoms with E-state index in [1.165, 1.54) is 0 Å². The number of ether oxygens (including phenoxy) is 2. The predicted molar refractivity (Wildman–Crippen MR) is 83.5 cm³/mol. The van der Waals surface area contributed by atoms with Gasteiger partial charge in [-0.25, -0.2) is 0 Å². The molecule has 1 amide bonds. The Bertz CT molecular complexity index is 611. The lowest BCUT2D eigenvalue weighted by Gasteiger charge is -2.11. The third-order valence-corrected chi connectivity index (χ3v) is 2.98. The van der Waals surface area contributed by atoms with Gasteiger partial charge in [-0.1, -0.05) is 12.1 Å². The van der Waals surface area contributed by atoms with Gasteiger partial charge in [0.05, 0.1) is 7.11 Å². The van der Waals surface area contributed by atoms with Crippen LogP contribution in [0.5, 0.6) is 17.2 Å². The lowest BCUT2D eigenvalue weighted by Crippen LogP contribution is -2.20. The van der Waals surface area contributed by atoms with Crippen molar-refractivity contribution in [3.8, 4) is 17.2 Å². The van der Waals surface area contributed by atoms with Gasteiger partial charge in [0.1, 0.15) is 11.1 Å². The molecule has 2 aromatic carbocycles. The SMILES string of the molecule is COc1ccccc1Oc1ccc(NC(=O)C(C)Cl)cc1. The number of hydrogen-bond donors (Lipinski definition) is 1. The minimum Gasteiger partial charge on any atom is -0.493 e. The number of amides is 1. The summed E-state index contributed by atoms with van der Waals surface area (Å²) >= 11 is 5.70. The molecule has 0 saturated heterocycles. The van der Waals surface area contributed by atoms with Gasteiger partial charge in [-0.2, -0.15) is 0 Å². The van der Waals surface area contributed by atoms with Crippen LogP contribution >= 0.6 is 11.6 Å². The van der Waals surface area contributed by atoms with Crippen LogP contribution in [0.4, 0.5) is 5.69 Å². The molecular weight excluding hydrogens is 290 g/mol. The van der Waals surface area contributed by atoms with Gasteiger partial charge < -0.3 is 14.8 Å². The van der Waals surface area contributed by atoms with E-state index in [0.717, 1.165) is 0 Å². The van der Waals surface area contributed by atoms with E-state index >= 15 is 0 Å². The van der Waals surface area contributed by atoms with Crippen molar-refractivity contribution in [2.24, 2.45) is 0 Å². The van der Waals surface area contributed by atoms with Crippen molar-refractivity contribution in [3.63, 3.8) is 0 Å². The van der Waals surface area contributed by atoms with Gasteiger partial charge in [-0.05, 0) is 43.3 Å². The van der Waals surface area contributed by atoms with E-state index < -0.39 is 5.38 Å². The maximum Gasteiger partial charge on any atom is 0.242 e. The van der Waals surface area contributed by atoms with Crippen LogP contribution < -0.4 is 14.8 Å². The first-order valence-electron chi connectivity index (χ1n) is 6.46. The summed E-state index contributed by atoms with van der Waals surface area (Å²) in [5.74, 6) is 1.70. The maximum atomic E-state index is 11.5. The van der Waals surface area contributed by atoms with Gasteiger partial charge in [0.15, 0.2) is 11.5 Å². The lowest BCUT2D eigenvalue weighted by molar-refractivity contribution is -0.115. The number of benzene rings is 2. The normalized spacial score (nSPS) is 11.6. The summed E-state index contributed by atoms with van der Waals surface area (Å²) in [5, 5.41) is 2.13. The van der Waals surface area contributed by atoms with E-state index in [2.05, 4.69) is 5.32 Å². The average Bonchev–Trinajstić information content (AvgIpc) is 2.49. The molecule has 0 heterocycles. The molecule has 110 valence electrons. The smallest absolute Gasteiger partial charge is 0.242 e. The molecule has 5 heteroatoms. The largest absolute Gasteiger partial charge is 0.493 e. The summed E-state index contributed by atoms with van der Waals surface area (Å²) < 4.78 is 11.0. The van der Waals surface area contributed by atoms with Crippen molar-refractivity contribution in [1.82, 2.24) is 0 Å². The molecule has 0 aliphatic heterocycles. The number of para-hydroxylation sites is 2. The molecule has 4 nitrogen and oxygen atoms in total. The van der Waals surface area contributed by atoms with Gasteiger partial charge in [0.2, 0.25) is 5.91 Å². The Morgan fingerprint density at radius 1 is 1.10 bits per heavy atom. The Balaban J connectivity index is 2.07. The Kier molecular flexibility index (Phi) is 5.06. The van der Waals surface area contributed by atoms with Crippen LogP contribution in [-0.4, -0.2) is 18.4 Å². The third kappa shape index (κ3) is 4.13. The number of hydrogen-bond acceptors (Lipinski definition) is 3. The van der Waals surface area contributed by atoms with Gasteiger partial charge in [0.25, 0.3) is 0 Å². The van der Waals surface area contributed by atoms with Gasteiger partial charge in [-0.3, -0.25) is 4.79 Å². The molecule has 0 saturated carbocycles. The van der Waals surface area contributed by atoms with Crippen molar-refractivity contribution in [1.29, 1.82) is 0 Å². The fourth-order valence-electron chi connectivity index (χ4n) is 1.68. The summed E-state index contributed by atoms with van der Waals surface area (Å²) in [4.78, 5) is 11.5. The number of carbonyl (C=O) groups excluding carboxylic acids is 1. The van der Waals surface area contributed by atoms with Crippen molar-refractivity contribution in [3.05, 3.63) is 48.5 Å². The fourth-order valence-corrected chi connectivity index (χ4v) is 1.73. The highest BCUT2D eigenvalue weighted by atomic mass is 35.5. The van der Waals surface area contributed by atoms with Crippen LogP contribution in [0.2, 0.25) is 0 Å². The van der Waals surface area contributed by atoms with Crippen LogP contribution in [0.3, 0.4) is 0 Å². The van der Waals surface area contributed by atoms with Crippen LogP contribution in [-0.2, 0) is 4.79 Å². The Labute approximate surface area is 128 Å². The zero-order chi connectivity index (χ0) is 15.2. The summed E-state index contributed by atoms with van der Waals surface area (Å²) in [5.41, 5.74) is 0.667. The average molecular weight is 306 g/mol. The monoisotopic (exact) mass is 305 g/mol. The number of anilines is 1. The lowest BCUT2D eigenvalue weighted by atomic mass is 10.3. The first-order valence-corrected chi connectivity index (χ1v) is 6.89. The van der Waals surface area contributed by atoms with Crippen molar-refractivity contribution in [2.75, 3.05) is 12.4 Å². The van der Waals surface area contributed by atoms with E-state index in [4.69, 9.17) is 21.1 Å². The highest BCUT2D eigenvalue weighted by Crippen LogP contribution is 2.31. The predicted octanol–water partition coefficient (Wildman–Crippen LogP) is 4.05. The molecular formula is C16H16ClNO3. The van der Waals surface area contributed by atoms with E-state index in [1.54, 1.807) is 38.3 Å². The van der Waals surface area contributed by atoms with Crippen molar-refractivity contribution < 1.29 is 14.3 Å². The Hall–Kier alpha value is -2.20. The standard InChI is InChI=1S/C16H16ClNO3/c1-11(17)16(19)18-12-7-9-13(10-8-12)21-15-6-4-3-5-14(15)20-2/h3-11H,1-2H3,(H,18,19). The van der Waals surface area contributed by atoms with Crippen LogP contribution in [0.25, 0.3) is 0 Å². The molecule has 0 radical (unpaired) electrons. The molecule has 2 rings (SSSR count). The number of rotatable bonds is 5. The number of carbonyl (C=O) groups is 1. The zero-order valence-corrected chi connectivity index (χ0v) is 12.6. The molecule has 0 aliphatic carbocycles. The second-order valence-corrected chi connectivity index (χ2v) is 5.04. The minimum absolute atomic E-state index is 0.241. The first-order chi connectivity index (χ1) is 10.1. The van der Waals surface area contributed by atoms with Crippen LogP contribution in [0.15, 0.2) is 48.5 Å². The second-order valence-electron chi connectivity index (χ2n) is 4.38. The summed E-state index contributed by atoms with van der Waals surface area (Å²) in [6.45, 7) is 1.62. The fraction of sp³-hybridized carbons (Fsp3) is 0.188. The zero-order valence-electron chi connectivity index (χ0n) is 11.8. The van der Waals surface area contributed by atoms with Gasteiger partial charge >= 0.3 is 0 Å². The Morgan fingerprint density at radius 2 is 1.71 bits per heavy atom. The molecule has 0 aromatic heterocycles. The Morgan fingerprint density at radius 3 is 2.29 bits per heavy atom. The topological polar surface area (TPSA) is 47.6 Å². The molecule has 1 atom stereocenters. The van der Waals surface area contributed by atoms with E-state index in [9.17, 15) is 4.79 Å². The van der Waals surface area contributed by atoms with E-state index in [0.29, 0.717) is 22.9 Å². The summed E-state index contributed by atoms with van der Waals surface area (Å²) in [7, 11) is 1.59.